The number of nitrogens with one attached hydrogen (secondary N) is 1. The number of imide groups is 2. The first kappa shape index (κ1) is 24.1. The van der Waals surface area contributed by atoms with Gasteiger partial charge in [0.2, 0.25) is 5.91 Å². The second-order valence-corrected chi connectivity index (χ2v) is 8.22. The highest BCUT2D eigenvalue weighted by Crippen LogP contribution is 2.34. The fourth-order valence-electron chi connectivity index (χ4n) is 3.13. The minimum absolute atomic E-state index is 0.0101. The number of hydrogen-bond acceptors (Lipinski definition) is 4. The second kappa shape index (κ2) is 8.91. The summed E-state index contributed by atoms with van der Waals surface area (Å²) in [4.78, 5) is 49.9. The Hall–Kier alpha value is -3.17. The van der Waals surface area contributed by atoms with Crippen LogP contribution in [0.5, 0.6) is 0 Å². The van der Waals surface area contributed by atoms with Gasteiger partial charge in [0.05, 0.1) is 5.56 Å². The predicted molar refractivity (Wildman–Crippen MR) is 106 cm³/mol. The molecule has 1 aliphatic rings. The summed E-state index contributed by atoms with van der Waals surface area (Å²) in [6.45, 7) is 7.74. The molecule has 168 valence electrons. The van der Waals surface area contributed by atoms with Crippen molar-refractivity contribution in [3.05, 3.63) is 48.0 Å². The normalized spacial score (nSPS) is 16.0. The molecule has 7 nitrogen and oxygen atoms in total. The van der Waals surface area contributed by atoms with E-state index in [4.69, 9.17) is 0 Å². The lowest BCUT2D eigenvalue weighted by molar-refractivity contribution is -0.143. The van der Waals surface area contributed by atoms with Crippen LogP contribution in [-0.2, 0) is 27.0 Å². The van der Waals surface area contributed by atoms with E-state index in [9.17, 15) is 32.3 Å². The highest BCUT2D eigenvalue weighted by atomic mass is 19.4. The van der Waals surface area contributed by atoms with Crippen LogP contribution in [0.2, 0.25) is 0 Å². The lowest BCUT2D eigenvalue weighted by atomic mass is 9.82. The van der Waals surface area contributed by atoms with Crippen molar-refractivity contribution in [2.75, 3.05) is 13.1 Å². The van der Waals surface area contributed by atoms with Gasteiger partial charge in [0.1, 0.15) is 6.54 Å². The number of urea groups is 1. The lowest BCUT2D eigenvalue weighted by Gasteiger charge is -2.32. The van der Waals surface area contributed by atoms with Crippen molar-refractivity contribution < 1.29 is 32.3 Å². The number of benzene rings is 1. The average molecular weight is 439 g/mol. The van der Waals surface area contributed by atoms with E-state index in [-0.39, 0.29) is 18.5 Å². The molecule has 31 heavy (non-hydrogen) atoms. The number of rotatable bonds is 7. The Morgan fingerprint density at radius 3 is 2.23 bits per heavy atom. The van der Waals surface area contributed by atoms with Gasteiger partial charge in [0, 0.05) is 12.6 Å². The molecule has 0 bridgehead atoms. The molecule has 1 atom stereocenters. The summed E-state index contributed by atoms with van der Waals surface area (Å²) in [5.41, 5.74) is -1.43. The summed E-state index contributed by atoms with van der Waals surface area (Å²) in [7, 11) is 0. The monoisotopic (exact) mass is 439 g/mol. The van der Waals surface area contributed by atoms with Crippen LogP contribution >= 0.6 is 0 Å². The average Bonchev–Trinajstić information content (AvgIpc) is 2.85. The smallest absolute Gasteiger partial charge is 0.351 e. The summed E-state index contributed by atoms with van der Waals surface area (Å²) in [6.07, 6.45) is -3.40. The maximum absolute atomic E-state index is 13.3. The molecule has 1 fully saturated rings. The molecule has 1 aromatic rings. The van der Waals surface area contributed by atoms with E-state index in [0.717, 1.165) is 6.07 Å². The fraction of sp³-hybridized carbons (Fsp3) is 0.429. The fourth-order valence-corrected chi connectivity index (χ4v) is 3.13. The van der Waals surface area contributed by atoms with Crippen molar-refractivity contribution >= 4 is 23.8 Å². The van der Waals surface area contributed by atoms with Gasteiger partial charge in [0.15, 0.2) is 0 Å². The van der Waals surface area contributed by atoms with Crippen molar-refractivity contribution in [1.29, 1.82) is 0 Å². The van der Waals surface area contributed by atoms with Crippen molar-refractivity contribution in [2.24, 2.45) is 5.41 Å². The van der Waals surface area contributed by atoms with Gasteiger partial charge in [-0.15, -0.1) is 6.58 Å². The number of halogens is 3. The van der Waals surface area contributed by atoms with Crippen molar-refractivity contribution in [2.45, 2.75) is 39.4 Å². The van der Waals surface area contributed by atoms with E-state index >= 15 is 0 Å². The molecular formula is C21H24F3N3O4. The third-order valence-corrected chi connectivity index (χ3v) is 4.88. The van der Waals surface area contributed by atoms with Crippen LogP contribution < -0.4 is 5.32 Å². The minimum Gasteiger partial charge on any atom is -0.351 e. The molecule has 0 aromatic heterocycles. The Morgan fingerprint density at radius 2 is 1.68 bits per heavy atom. The van der Waals surface area contributed by atoms with Crippen LogP contribution in [-0.4, -0.2) is 52.7 Å². The van der Waals surface area contributed by atoms with Gasteiger partial charge >= 0.3 is 24.0 Å². The quantitative estimate of drug-likeness (QED) is 0.402. The maximum Gasteiger partial charge on any atom is 0.416 e. The summed E-state index contributed by atoms with van der Waals surface area (Å²) >= 11 is 0. The third-order valence-electron chi connectivity index (χ3n) is 4.88. The third kappa shape index (κ3) is 5.50. The van der Waals surface area contributed by atoms with E-state index < -0.39 is 53.5 Å². The second-order valence-electron chi connectivity index (χ2n) is 8.22. The minimum atomic E-state index is -4.55. The molecule has 1 saturated heterocycles. The molecule has 1 aliphatic heterocycles. The Morgan fingerprint density at radius 1 is 1.10 bits per heavy atom. The molecule has 2 rings (SSSR count). The van der Waals surface area contributed by atoms with Gasteiger partial charge in [-0.1, -0.05) is 45.0 Å². The van der Waals surface area contributed by atoms with Gasteiger partial charge < -0.3 is 5.32 Å². The zero-order chi connectivity index (χ0) is 23.6. The van der Waals surface area contributed by atoms with Gasteiger partial charge in [-0.25, -0.2) is 9.69 Å². The Bertz CT molecular complexity index is 906. The number of amides is 5. The number of carbonyl (C=O) groups excluding carboxylic acids is 4. The first-order chi connectivity index (χ1) is 14.3. The molecule has 1 unspecified atom stereocenters. The van der Waals surface area contributed by atoms with E-state index in [2.05, 4.69) is 11.9 Å². The van der Waals surface area contributed by atoms with Crippen molar-refractivity contribution in [1.82, 2.24) is 15.1 Å². The zero-order valence-corrected chi connectivity index (χ0v) is 17.5. The standard InChI is InChI=1S/C21H24F3N3O4/c1-5-10-26-17(29)18(30)27(19(26)31)12-16(28)25-15(20(2,3)4)11-13-8-6-7-9-14(13)21(22,23)24/h5-9,15H,1,10-12H2,2-4H3,(H,25,28). The SMILES string of the molecule is C=CCN1C(=O)C(=O)N(CC(=O)NC(Cc2ccccc2C(F)(F)F)C(C)(C)C)C1=O. The summed E-state index contributed by atoms with van der Waals surface area (Å²) in [5.74, 6) is -2.97. The first-order valence-electron chi connectivity index (χ1n) is 9.50. The molecule has 0 saturated carbocycles. The predicted octanol–water partition coefficient (Wildman–Crippen LogP) is 2.76. The van der Waals surface area contributed by atoms with Crippen LogP contribution in [0.4, 0.5) is 18.0 Å². The van der Waals surface area contributed by atoms with Gasteiger partial charge in [0.25, 0.3) is 0 Å². The summed E-state index contributed by atoms with van der Waals surface area (Å²) in [6, 6.07) is 3.39. The van der Waals surface area contributed by atoms with Crippen LogP contribution in [0.25, 0.3) is 0 Å². The van der Waals surface area contributed by atoms with Crippen molar-refractivity contribution in [3.8, 4) is 0 Å². The van der Waals surface area contributed by atoms with E-state index in [1.807, 2.05) is 0 Å². The molecule has 5 amide bonds. The Balaban J connectivity index is 2.19. The molecule has 1 N–H and O–H groups in total. The molecular weight excluding hydrogens is 415 g/mol. The van der Waals surface area contributed by atoms with Gasteiger partial charge in [-0.2, -0.15) is 13.2 Å². The van der Waals surface area contributed by atoms with Crippen LogP contribution in [0.3, 0.4) is 0 Å². The maximum atomic E-state index is 13.3. The number of nitrogens with zero attached hydrogens (tertiary/aromatic N) is 2. The van der Waals surface area contributed by atoms with Gasteiger partial charge in [-0.05, 0) is 23.5 Å². The summed E-state index contributed by atoms with van der Waals surface area (Å²) in [5, 5.41) is 2.61. The molecule has 0 radical (unpaired) electrons. The number of carbonyl (C=O) groups is 4. The Labute approximate surface area is 177 Å². The number of alkyl halides is 3. The van der Waals surface area contributed by atoms with Crippen LogP contribution in [0.15, 0.2) is 36.9 Å². The molecule has 0 spiro atoms. The van der Waals surface area contributed by atoms with Crippen LogP contribution in [0.1, 0.15) is 31.9 Å². The van der Waals surface area contributed by atoms with Gasteiger partial charge in [-0.3, -0.25) is 19.3 Å². The molecule has 1 aromatic carbocycles. The largest absolute Gasteiger partial charge is 0.416 e. The van der Waals surface area contributed by atoms with Crippen molar-refractivity contribution in [3.63, 3.8) is 0 Å². The molecule has 1 heterocycles. The lowest BCUT2D eigenvalue weighted by Crippen LogP contribution is -2.49. The molecule has 10 heteroatoms. The van der Waals surface area contributed by atoms with Crippen LogP contribution in [0, 0.1) is 5.41 Å². The topological polar surface area (TPSA) is 86.8 Å². The van der Waals surface area contributed by atoms with E-state index in [1.165, 1.54) is 24.3 Å². The van der Waals surface area contributed by atoms with E-state index in [1.54, 1.807) is 20.8 Å². The Kier molecular flexibility index (Phi) is 6.93. The zero-order valence-electron chi connectivity index (χ0n) is 17.5. The van der Waals surface area contributed by atoms with E-state index in [0.29, 0.717) is 9.80 Å². The number of hydrogen-bond donors (Lipinski definition) is 1. The highest BCUT2D eigenvalue weighted by Gasteiger charge is 2.45. The first-order valence-corrected chi connectivity index (χ1v) is 9.50. The summed E-state index contributed by atoms with van der Waals surface area (Å²) < 4.78 is 40.0. The molecule has 0 aliphatic carbocycles. The highest BCUT2D eigenvalue weighted by molar-refractivity contribution is 6.45.